The Morgan fingerprint density at radius 1 is 1.27 bits per heavy atom. The van der Waals surface area contributed by atoms with Crippen LogP contribution in [-0.4, -0.2) is 15.0 Å². The summed E-state index contributed by atoms with van der Waals surface area (Å²) in [5.74, 6) is 1.34. The number of hydrogen-bond donors (Lipinski definition) is 2. The molecule has 0 radical (unpaired) electrons. The quantitative estimate of drug-likeness (QED) is 0.776. The molecule has 2 aromatic heterocycles. The fourth-order valence-corrected chi connectivity index (χ4v) is 1.15. The average molecular weight is 201 g/mol. The number of hydrogen-bond acceptors (Lipinski definition) is 5. The monoisotopic (exact) mass is 201 g/mol. The zero-order valence-electron chi connectivity index (χ0n) is 8.09. The summed E-state index contributed by atoms with van der Waals surface area (Å²) in [6.45, 7) is 0.336. The minimum absolute atomic E-state index is 0.336. The highest BCUT2D eigenvalue weighted by Crippen LogP contribution is 2.11. The lowest BCUT2D eigenvalue weighted by Gasteiger charge is -2.04. The number of rotatable bonds is 3. The molecule has 0 atom stereocenters. The van der Waals surface area contributed by atoms with Crippen LogP contribution in [0.4, 0.5) is 11.5 Å². The smallest absolute Gasteiger partial charge is 0.144 e. The van der Waals surface area contributed by atoms with Gasteiger partial charge in [-0.2, -0.15) is 0 Å². The summed E-state index contributed by atoms with van der Waals surface area (Å²) in [7, 11) is 0. The van der Waals surface area contributed by atoms with Gasteiger partial charge in [-0.1, -0.05) is 0 Å². The number of nitrogens with zero attached hydrogens (tertiary/aromatic N) is 3. The van der Waals surface area contributed by atoms with Crippen molar-refractivity contribution in [3.05, 3.63) is 42.6 Å². The molecule has 3 N–H and O–H groups in total. The summed E-state index contributed by atoms with van der Waals surface area (Å²) in [5.41, 5.74) is 6.34. The molecule has 2 aromatic rings. The van der Waals surface area contributed by atoms with E-state index in [0.717, 1.165) is 11.5 Å². The number of pyridine rings is 1. The lowest BCUT2D eigenvalue weighted by Crippen LogP contribution is -2.04. The molecule has 0 saturated carbocycles. The van der Waals surface area contributed by atoms with E-state index in [0.29, 0.717) is 12.4 Å². The third-order valence-electron chi connectivity index (χ3n) is 1.82. The van der Waals surface area contributed by atoms with E-state index in [-0.39, 0.29) is 0 Å². The normalized spacial score (nSPS) is 9.93. The van der Waals surface area contributed by atoms with Crippen molar-refractivity contribution in [1.29, 1.82) is 0 Å². The molecule has 0 aliphatic rings. The lowest BCUT2D eigenvalue weighted by molar-refractivity contribution is 0.912. The van der Waals surface area contributed by atoms with Crippen LogP contribution < -0.4 is 11.1 Å². The minimum Gasteiger partial charge on any atom is -0.339 e. The van der Waals surface area contributed by atoms with Crippen molar-refractivity contribution in [2.75, 3.05) is 5.32 Å². The van der Waals surface area contributed by atoms with Gasteiger partial charge < -0.3 is 11.1 Å². The Hall–Kier alpha value is -2.01. The first-order chi connectivity index (χ1) is 7.38. The molecule has 0 saturated heterocycles. The van der Waals surface area contributed by atoms with E-state index in [1.165, 1.54) is 0 Å². The second-order valence-electron chi connectivity index (χ2n) is 2.93. The zero-order valence-corrected chi connectivity index (χ0v) is 8.09. The molecule has 5 heteroatoms. The van der Waals surface area contributed by atoms with Gasteiger partial charge in [-0.25, -0.2) is 9.97 Å². The Labute approximate surface area is 87.4 Å². The highest BCUT2D eigenvalue weighted by molar-refractivity contribution is 5.53. The molecular weight excluding hydrogens is 190 g/mol. The zero-order chi connectivity index (χ0) is 10.5. The summed E-state index contributed by atoms with van der Waals surface area (Å²) in [4.78, 5) is 12.2. The Morgan fingerprint density at radius 3 is 2.93 bits per heavy atom. The molecule has 5 nitrogen and oxygen atoms in total. The Morgan fingerprint density at radius 2 is 2.20 bits per heavy atom. The van der Waals surface area contributed by atoms with Crippen molar-refractivity contribution in [1.82, 2.24) is 15.0 Å². The number of aromatic nitrogens is 3. The second-order valence-corrected chi connectivity index (χ2v) is 2.93. The Kier molecular flexibility index (Phi) is 2.85. The van der Waals surface area contributed by atoms with E-state index < -0.39 is 0 Å². The first-order valence-corrected chi connectivity index (χ1v) is 4.57. The third kappa shape index (κ3) is 2.47. The standard InChI is InChI=1S/C10H11N5/c11-6-10-13-5-3-9(15-10)14-8-2-1-4-12-7-8/h1-5,7H,6,11H2,(H,13,14,15). The molecular formula is C10H11N5. The molecule has 2 rings (SSSR count). The predicted molar refractivity (Wildman–Crippen MR) is 57.4 cm³/mol. The highest BCUT2D eigenvalue weighted by atomic mass is 15.0. The van der Waals surface area contributed by atoms with Gasteiger partial charge >= 0.3 is 0 Å². The van der Waals surface area contributed by atoms with E-state index in [2.05, 4.69) is 20.3 Å². The first-order valence-electron chi connectivity index (χ1n) is 4.57. The van der Waals surface area contributed by atoms with Crippen LogP contribution in [0.15, 0.2) is 36.8 Å². The van der Waals surface area contributed by atoms with Crippen LogP contribution in [0.1, 0.15) is 5.82 Å². The van der Waals surface area contributed by atoms with Crippen LogP contribution in [0.2, 0.25) is 0 Å². The van der Waals surface area contributed by atoms with Gasteiger partial charge in [0.25, 0.3) is 0 Å². The van der Waals surface area contributed by atoms with Gasteiger partial charge in [0.15, 0.2) is 0 Å². The van der Waals surface area contributed by atoms with Crippen LogP contribution in [0.5, 0.6) is 0 Å². The molecule has 0 aliphatic heterocycles. The molecule has 0 unspecified atom stereocenters. The van der Waals surface area contributed by atoms with Gasteiger partial charge in [-0.05, 0) is 18.2 Å². The van der Waals surface area contributed by atoms with Gasteiger partial charge in [0.2, 0.25) is 0 Å². The summed E-state index contributed by atoms with van der Waals surface area (Å²) >= 11 is 0. The first kappa shape index (κ1) is 9.54. The molecule has 0 spiro atoms. The summed E-state index contributed by atoms with van der Waals surface area (Å²) in [5, 5.41) is 3.11. The predicted octanol–water partition coefficient (Wildman–Crippen LogP) is 1.07. The van der Waals surface area contributed by atoms with Gasteiger partial charge in [0.05, 0.1) is 18.4 Å². The minimum atomic E-state index is 0.336. The van der Waals surface area contributed by atoms with Crippen LogP contribution in [0.3, 0.4) is 0 Å². The van der Waals surface area contributed by atoms with Gasteiger partial charge in [0.1, 0.15) is 11.6 Å². The van der Waals surface area contributed by atoms with Crippen molar-refractivity contribution in [2.24, 2.45) is 5.73 Å². The number of nitrogens with two attached hydrogens (primary N) is 1. The summed E-state index contributed by atoms with van der Waals surface area (Å²) in [6.07, 6.45) is 5.12. The van der Waals surface area contributed by atoms with E-state index >= 15 is 0 Å². The molecule has 0 fully saturated rings. The van der Waals surface area contributed by atoms with E-state index in [1.54, 1.807) is 24.7 Å². The topological polar surface area (TPSA) is 76.7 Å². The number of anilines is 2. The average Bonchev–Trinajstić information content (AvgIpc) is 2.31. The molecule has 0 bridgehead atoms. The number of nitrogens with one attached hydrogen (secondary N) is 1. The molecule has 0 aromatic carbocycles. The van der Waals surface area contributed by atoms with Gasteiger partial charge in [-0.15, -0.1) is 0 Å². The SMILES string of the molecule is NCc1nccc(Nc2cccnc2)n1. The van der Waals surface area contributed by atoms with Crippen molar-refractivity contribution >= 4 is 11.5 Å². The fraction of sp³-hybridized carbons (Fsp3) is 0.100. The van der Waals surface area contributed by atoms with Crippen LogP contribution in [0, 0.1) is 0 Å². The maximum absolute atomic E-state index is 5.45. The van der Waals surface area contributed by atoms with Gasteiger partial charge in [0, 0.05) is 12.4 Å². The van der Waals surface area contributed by atoms with Crippen molar-refractivity contribution in [3.8, 4) is 0 Å². The van der Waals surface area contributed by atoms with Crippen molar-refractivity contribution in [3.63, 3.8) is 0 Å². The van der Waals surface area contributed by atoms with E-state index in [1.807, 2.05) is 12.1 Å². The van der Waals surface area contributed by atoms with E-state index in [9.17, 15) is 0 Å². The van der Waals surface area contributed by atoms with Crippen LogP contribution in [-0.2, 0) is 6.54 Å². The molecule has 15 heavy (non-hydrogen) atoms. The lowest BCUT2D eigenvalue weighted by atomic mass is 10.4. The molecule has 0 aliphatic carbocycles. The van der Waals surface area contributed by atoms with Crippen LogP contribution in [0.25, 0.3) is 0 Å². The van der Waals surface area contributed by atoms with Gasteiger partial charge in [-0.3, -0.25) is 4.98 Å². The third-order valence-corrected chi connectivity index (χ3v) is 1.82. The highest BCUT2D eigenvalue weighted by Gasteiger charge is 1.97. The maximum atomic E-state index is 5.45. The second kappa shape index (κ2) is 4.47. The maximum Gasteiger partial charge on any atom is 0.144 e. The fourth-order valence-electron chi connectivity index (χ4n) is 1.15. The summed E-state index contributed by atoms with van der Waals surface area (Å²) < 4.78 is 0. The summed E-state index contributed by atoms with van der Waals surface area (Å²) in [6, 6.07) is 5.55. The van der Waals surface area contributed by atoms with E-state index in [4.69, 9.17) is 5.73 Å². The molecule has 76 valence electrons. The van der Waals surface area contributed by atoms with Crippen molar-refractivity contribution in [2.45, 2.75) is 6.54 Å². The Bertz CT molecular complexity index is 429. The molecule has 2 heterocycles. The Balaban J connectivity index is 2.17. The van der Waals surface area contributed by atoms with Crippen LogP contribution >= 0.6 is 0 Å². The largest absolute Gasteiger partial charge is 0.339 e. The van der Waals surface area contributed by atoms with Crippen molar-refractivity contribution < 1.29 is 0 Å². The molecule has 0 amide bonds.